The van der Waals surface area contributed by atoms with Crippen molar-refractivity contribution in [3.05, 3.63) is 58.1 Å². The Balaban J connectivity index is 1.77. The van der Waals surface area contributed by atoms with Crippen LogP contribution >= 0.6 is 23.2 Å². The summed E-state index contributed by atoms with van der Waals surface area (Å²) in [6, 6.07) is 10.5. The lowest BCUT2D eigenvalue weighted by molar-refractivity contribution is 0.0936. The Morgan fingerprint density at radius 1 is 1.12 bits per heavy atom. The Morgan fingerprint density at radius 2 is 1.85 bits per heavy atom. The molecule has 8 heteroatoms. The highest BCUT2D eigenvalue weighted by molar-refractivity contribution is 7.92. The van der Waals surface area contributed by atoms with Crippen molar-refractivity contribution >= 4 is 44.8 Å². The fourth-order valence-corrected chi connectivity index (χ4v) is 4.02. The first-order chi connectivity index (χ1) is 12.3. The molecule has 1 aliphatic carbocycles. The van der Waals surface area contributed by atoms with Gasteiger partial charge in [0.2, 0.25) is 0 Å². The summed E-state index contributed by atoms with van der Waals surface area (Å²) in [5.74, 6) is 0.315. The number of hydrogen-bond acceptors (Lipinski definition) is 3. The molecular weight excluding hydrogens is 395 g/mol. The van der Waals surface area contributed by atoms with Gasteiger partial charge in [0, 0.05) is 17.3 Å². The first-order valence-electron chi connectivity index (χ1n) is 8.15. The summed E-state index contributed by atoms with van der Waals surface area (Å²) < 4.78 is 27.5. The first-order valence-corrected chi connectivity index (χ1v) is 10.4. The van der Waals surface area contributed by atoms with Gasteiger partial charge in [0.15, 0.2) is 0 Å². The molecule has 1 atom stereocenters. The number of halogens is 2. The van der Waals surface area contributed by atoms with Gasteiger partial charge in [-0.2, -0.15) is 0 Å². The van der Waals surface area contributed by atoms with Gasteiger partial charge in [0.25, 0.3) is 15.9 Å². The summed E-state index contributed by atoms with van der Waals surface area (Å²) in [4.78, 5) is 12.3. The van der Waals surface area contributed by atoms with Crippen LogP contribution in [0.1, 0.15) is 30.1 Å². The molecule has 0 aromatic heterocycles. The monoisotopic (exact) mass is 412 g/mol. The zero-order chi connectivity index (χ0) is 18.9. The SMILES string of the molecule is C[C@@H](NC(=O)c1cccc(NS(=O)(=O)c2ccc(Cl)c(Cl)c2)c1)C1CC1. The van der Waals surface area contributed by atoms with E-state index in [0.29, 0.717) is 17.2 Å². The van der Waals surface area contributed by atoms with Gasteiger partial charge in [-0.15, -0.1) is 0 Å². The van der Waals surface area contributed by atoms with Crippen molar-refractivity contribution in [2.45, 2.75) is 30.7 Å². The molecule has 0 unspecified atom stereocenters. The molecule has 0 saturated heterocycles. The highest BCUT2D eigenvalue weighted by Crippen LogP contribution is 2.32. The second kappa shape index (κ2) is 7.47. The Hall–Kier alpha value is -1.76. The van der Waals surface area contributed by atoms with E-state index in [1.807, 2.05) is 6.92 Å². The lowest BCUT2D eigenvalue weighted by Gasteiger charge is -2.14. The van der Waals surface area contributed by atoms with Crippen molar-refractivity contribution in [1.82, 2.24) is 5.32 Å². The van der Waals surface area contributed by atoms with Gasteiger partial charge >= 0.3 is 0 Å². The molecule has 2 N–H and O–H groups in total. The largest absolute Gasteiger partial charge is 0.349 e. The van der Waals surface area contributed by atoms with Crippen LogP contribution < -0.4 is 10.0 Å². The molecule has 1 fully saturated rings. The number of carbonyl (C=O) groups is 1. The van der Waals surface area contributed by atoms with Crippen LogP contribution in [-0.4, -0.2) is 20.4 Å². The molecule has 2 aromatic carbocycles. The number of anilines is 1. The Labute approximate surface area is 162 Å². The van der Waals surface area contributed by atoms with E-state index in [1.165, 1.54) is 24.3 Å². The van der Waals surface area contributed by atoms with Gasteiger partial charge in [0.1, 0.15) is 0 Å². The number of carbonyl (C=O) groups excluding carboxylic acids is 1. The summed E-state index contributed by atoms with van der Waals surface area (Å²) in [6.07, 6.45) is 2.26. The van der Waals surface area contributed by atoms with Crippen molar-refractivity contribution in [3.8, 4) is 0 Å². The average molecular weight is 413 g/mol. The molecule has 0 spiro atoms. The van der Waals surface area contributed by atoms with E-state index >= 15 is 0 Å². The molecule has 26 heavy (non-hydrogen) atoms. The average Bonchev–Trinajstić information content (AvgIpc) is 3.42. The molecule has 0 aliphatic heterocycles. The van der Waals surface area contributed by atoms with Crippen molar-refractivity contribution in [2.24, 2.45) is 5.92 Å². The van der Waals surface area contributed by atoms with E-state index in [-0.39, 0.29) is 26.9 Å². The van der Waals surface area contributed by atoms with Crippen molar-refractivity contribution in [3.63, 3.8) is 0 Å². The van der Waals surface area contributed by atoms with Crippen LogP contribution in [0.4, 0.5) is 5.69 Å². The number of hydrogen-bond donors (Lipinski definition) is 2. The summed E-state index contributed by atoms with van der Waals surface area (Å²) in [5.41, 5.74) is 0.689. The highest BCUT2D eigenvalue weighted by atomic mass is 35.5. The first kappa shape index (κ1) is 19.0. The molecule has 0 heterocycles. The van der Waals surface area contributed by atoms with Crippen LogP contribution in [0.3, 0.4) is 0 Å². The number of rotatable bonds is 6. The van der Waals surface area contributed by atoms with E-state index < -0.39 is 10.0 Å². The predicted octanol–water partition coefficient (Wildman–Crippen LogP) is 4.32. The minimum atomic E-state index is -3.85. The summed E-state index contributed by atoms with van der Waals surface area (Å²) >= 11 is 11.7. The maximum Gasteiger partial charge on any atom is 0.261 e. The van der Waals surface area contributed by atoms with Gasteiger partial charge < -0.3 is 5.32 Å². The number of benzene rings is 2. The van der Waals surface area contributed by atoms with E-state index in [2.05, 4.69) is 10.0 Å². The lowest BCUT2D eigenvalue weighted by atomic mass is 10.1. The van der Waals surface area contributed by atoms with E-state index in [4.69, 9.17) is 23.2 Å². The van der Waals surface area contributed by atoms with Crippen molar-refractivity contribution < 1.29 is 13.2 Å². The van der Waals surface area contributed by atoms with Crippen molar-refractivity contribution in [1.29, 1.82) is 0 Å². The molecule has 1 aliphatic rings. The fraction of sp³-hybridized carbons (Fsp3) is 0.278. The summed E-state index contributed by atoms with van der Waals surface area (Å²) in [5, 5.41) is 3.37. The minimum absolute atomic E-state index is 0.0101. The zero-order valence-corrected chi connectivity index (χ0v) is 16.3. The highest BCUT2D eigenvalue weighted by Gasteiger charge is 2.29. The van der Waals surface area contributed by atoms with Crippen molar-refractivity contribution in [2.75, 3.05) is 4.72 Å². The van der Waals surface area contributed by atoms with Crippen LogP contribution in [0, 0.1) is 5.92 Å². The Bertz CT molecular complexity index is 943. The second-order valence-corrected chi connectivity index (χ2v) is 8.86. The second-order valence-electron chi connectivity index (χ2n) is 6.36. The fourth-order valence-electron chi connectivity index (χ4n) is 2.59. The third-order valence-electron chi connectivity index (χ3n) is 4.27. The summed E-state index contributed by atoms with van der Waals surface area (Å²) in [7, 11) is -3.85. The van der Waals surface area contributed by atoms with Gasteiger partial charge in [-0.3, -0.25) is 9.52 Å². The molecule has 2 aromatic rings. The molecule has 1 saturated carbocycles. The molecule has 1 amide bonds. The molecule has 5 nitrogen and oxygen atoms in total. The minimum Gasteiger partial charge on any atom is -0.349 e. The smallest absolute Gasteiger partial charge is 0.261 e. The maximum absolute atomic E-state index is 12.5. The van der Waals surface area contributed by atoms with Crippen LogP contribution in [-0.2, 0) is 10.0 Å². The number of sulfonamides is 1. The molecule has 3 rings (SSSR count). The third kappa shape index (κ3) is 4.50. The Kier molecular flexibility index (Phi) is 5.46. The Morgan fingerprint density at radius 3 is 2.50 bits per heavy atom. The standard InChI is InChI=1S/C18H18Cl2N2O3S/c1-11(12-5-6-12)21-18(23)13-3-2-4-14(9-13)22-26(24,25)15-7-8-16(19)17(20)10-15/h2-4,7-12,22H,5-6H2,1H3,(H,21,23)/t11-/m1/s1. The van der Waals surface area contributed by atoms with Gasteiger partial charge in [0.05, 0.1) is 14.9 Å². The number of nitrogens with one attached hydrogen (secondary N) is 2. The van der Waals surface area contributed by atoms with Crippen LogP contribution in [0.25, 0.3) is 0 Å². The van der Waals surface area contributed by atoms with Crippen LogP contribution in [0.2, 0.25) is 10.0 Å². The topological polar surface area (TPSA) is 75.3 Å². The van der Waals surface area contributed by atoms with E-state index in [1.54, 1.807) is 18.2 Å². The zero-order valence-electron chi connectivity index (χ0n) is 14.0. The van der Waals surface area contributed by atoms with Crippen LogP contribution in [0.5, 0.6) is 0 Å². The quantitative estimate of drug-likeness (QED) is 0.741. The molecular formula is C18H18Cl2N2O3S. The summed E-state index contributed by atoms with van der Waals surface area (Å²) in [6.45, 7) is 1.98. The molecule has 0 bridgehead atoms. The maximum atomic E-state index is 12.5. The number of amides is 1. The normalized spacial score (nSPS) is 15.3. The third-order valence-corrected chi connectivity index (χ3v) is 6.38. The molecule has 0 radical (unpaired) electrons. The molecule has 138 valence electrons. The van der Waals surface area contributed by atoms with Gasteiger partial charge in [-0.1, -0.05) is 29.3 Å². The van der Waals surface area contributed by atoms with Gasteiger partial charge in [-0.25, -0.2) is 8.42 Å². The van der Waals surface area contributed by atoms with Crippen LogP contribution in [0.15, 0.2) is 47.4 Å². The predicted molar refractivity (Wildman–Crippen MR) is 103 cm³/mol. The van der Waals surface area contributed by atoms with E-state index in [9.17, 15) is 13.2 Å². The van der Waals surface area contributed by atoms with E-state index in [0.717, 1.165) is 12.8 Å². The lowest BCUT2D eigenvalue weighted by Crippen LogP contribution is -2.34. The van der Waals surface area contributed by atoms with Gasteiger partial charge in [-0.05, 0) is 62.1 Å².